The van der Waals surface area contributed by atoms with Crippen LogP contribution >= 0.6 is 0 Å². The van der Waals surface area contributed by atoms with Crippen LogP contribution in [0.15, 0.2) is 18.3 Å². The fourth-order valence-electron chi connectivity index (χ4n) is 0.984. The zero-order valence-electron chi connectivity index (χ0n) is 9.27. The smallest absolute Gasteiger partial charge is 0.269 e. The maximum absolute atomic E-state index is 11.6. The molecule has 0 aliphatic rings. The lowest BCUT2D eigenvalue weighted by Gasteiger charge is -2.09. The summed E-state index contributed by atoms with van der Waals surface area (Å²) in [7, 11) is -0.942. The molecule has 2 atom stereocenters. The predicted molar refractivity (Wildman–Crippen MR) is 64.5 cm³/mol. The van der Waals surface area contributed by atoms with Crippen molar-refractivity contribution in [3.8, 4) is 0 Å². The van der Waals surface area contributed by atoms with Crippen LogP contribution in [0.2, 0.25) is 0 Å². The number of anilines is 1. The molecule has 6 heteroatoms. The second kappa shape index (κ2) is 5.60. The zero-order chi connectivity index (χ0) is 12.1. The van der Waals surface area contributed by atoms with E-state index < -0.39 is 10.8 Å². The average Bonchev–Trinajstić information content (AvgIpc) is 2.26. The highest BCUT2D eigenvalue weighted by atomic mass is 32.2. The first kappa shape index (κ1) is 12.6. The number of hydrogen-bond acceptors (Lipinski definition) is 4. The van der Waals surface area contributed by atoms with Gasteiger partial charge in [0, 0.05) is 28.9 Å². The number of nitrogens with zero attached hydrogens (tertiary/aromatic N) is 1. The molecular formula is C10H15N3O2S. The van der Waals surface area contributed by atoms with Crippen molar-refractivity contribution in [2.75, 3.05) is 18.5 Å². The Morgan fingerprint density at radius 1 is 1.62 bits per heavy atom. The molecule has 5 nitrogen and oxygen atoms in total. The van der Waals surface area contributed by atoms with E-state index in [0.29, 0.717) is 17.9 Å². The molecule has 1 amide bonds. The second-order valence-electron chi connectivity index (χ2n) is 3.50. The van der Waals surface area contributed by atoms with E-state index in [1.807, 2.05) is 6.92 Å². The molecule has 0 fully saturated rings. The maximum atomic E-state index is 11.6. The highest BCUT2D eigenvalue weighted by molar-refractivity contribution is 7.84. The summed E-state index contributed by atoms with van der Waals surface area (Å²) in [5, 5.41) is 2.59. The van der Waals surface area contributed by atoms with Gasteiger partial charge in [0.15, 0.2) is 0 Å². The molecular weight excluding hydrogens is 226 g/mol. The van der Waals surface area contributed by atoms with Gasteiger partial charge >= 0.3 is 0 Å². The largest absolute Gasteiger partial charge is 0.397 e. The van der Waals surface area contributed by atoms with Crippen molar-refractivity contribution in [1.82, 2.24) is 10.3 Å². The molecule has 1 rings (SSSR count). The van der Waals surface area contributed by atoms with E-state index >= 15 is 0 Å². The Bertz CT molecular complexity index is 392. The van der Waals surface area contributed by atoms with Gasteiger partial charge in [0.05, 0.1) is 11.9 Å². The van der Waals surface area contributed by atoms with Crippen molar-refractivity contribution in [3.63, 3.8) is 0 Å². The molecule has 16 heavy (non-hydrogen) atoms. The number of carbonyl (C=O) groups excluding carboxylic acids is 1. The highest BCUT2D eigenvalue weighted by Gasteiger charge is 2.10. The monoisotopic (exact) mass is 241 g/mol. The Hall–Kier alpha value is -1.43. The molecule has 2 unspecified atom stereocenters. The summed E-state index contributed by atoms with van der Waals surface area (Å²) in [5.74, 6) is -0.280. The molecule has 0 aliphatic carbocycles. The van der Waals surface area contributed by atoms with Gasteiger partial charge in [-0.05, 0) is 19.1 Å². The Balaban J connectivity index is 2.53. The average molecular weight is 241 g/mol. The quantitative estimate of drug-likeness (QED) is 0.786. The fourth-order valence-corrected chi connectivity index (χ4v) is 1.30. The molecule has 1 aromatic rings. The molecule has 0 saturated heterocycles. The van der Waals surface area contributed by atoms with Crippen molar-refractivity contribution in [2.24, 2.45) is 0 Å². The zero-order valence-corrected chi connectivity index (χ0v) is 10.1. The number of hydrogen-bond donors (Lipinski definition) is 2. The van der Waals surface area contributed by atoms with Crippen molar-refractivity contribution in [1.29, 1.82) is 0 Å². The minimum atomic E-state index is -0.942. The first-order valence-electron chi connectivity index (χ1n) is 4.82. The number of nitrogen functional groups attached to an aromatic ring is 1. The summed E-state index contributed by atoms with van der Waals surface area (Å²) in [6, 6.07) is 3.17. The summed E-state index contributed by atoms with van der Waals surface area (Å²) in [4.78, 5) is 15.5. The third-order valence-corrected chi connectivity index (χ3v) is 3.44. The Labute approximate surface area is 96.9 Å². The first-order chi connectivity index (χ1) is 7.50. The van der Waals surface area contributed by atoms with E-state index in [2.05, 4.69) is 10.3 Å². The lowest BCUT2D eigenvalue weighted by Crippen LogP contribution is -2.33. The van der Waals surface area contributed by atoms with E-state index in [0.717, 1.165) is 0 Å². The second-order valence-corrected chi connectivity index (χ2v) is 5.30. The molecule has 0 radical (unpaired) electrons. The lowest BCUT2D eigenvalue weighted by molar-refractivity contribution is 0.0949. The number of rotatable bonds is 4. The predicted octanol–water partition coefficient (Wildman–Crippen LogP) is 0.161. The Morgan fingerprint density at radius 2 is 2.31 bits per heavy atom. The topological polar surface area (TPSA) is 85.1 Å². The van der Waals surface area contributed by atoms with Crippen LogP contribution in [0.1, 0.15) is 17.4 Å². The summed E-state index contributed by atoms with van der Waals surface area (Å²) < 4.78 is 11.1. The van der Waals surface area contributed by atoms with Gasteiger partial charge in [-0.3, -0.25) is 9.00 Å². The number of pyridine rings is 1. The van der Waals surface area contributed by atoms with Crippen molar-refractivity contribution in [3.05, 3.63) is 24.0 Å². The van der Waals surface area contributed by atoms with Gasteiger partial charge in [0.1, 0.15) is 5.69 Å². The number of nitrogens with one attached hydrogen (secondary N) is 1. The van der Waals surface area contributed by atoms with Gasteiger partial charge in [-0.1, -0.05) is 0 Å². The van der Waals surface area contributed by atoms with Gasteiger partial charge in [0.2, 0.25) is 0 Å². The molecule has 0 bridgehead atoms. The molecule has 0 aliphatic heterocycles. The van der Waals surface area contributed by atoms with E-state index in [-0.39, 0.29) is 11.2 Å². The van der Waals surface area contributed by atoms with Crippen LogP contribution in [0.25, 0.3) is 0 Å². The van der Waals surface area contributed by atoms with E-state index in [1.165, 1.54) is 6.20 Å². The number of carbonyl (C=O) groups is 1. The van der Waals surface area contributed by atoms with Gasteiger partial charge < -0.3 is 11.1 Å². The van der Waals surface area contributed by atoms with Gasteiger partial charge in [-0.15, -0.1) is 0 Å². The molecule has 1 aromatic heterocycles. The van der Waals surface area contributed by atoms with Crippen LogP contribution in [-0.2, 0) is 10.8 Å². The van der Waals surface area contributed by atoms with Crippen molar-refractivity contribution >= 4 is 22.4 Å². The van der Waals surface area contributed by atoms with Gasteiger partial charge in [0.25, 0.3) is 5.91 Å². The third-order valence-electron chi connectivity index (χ3n) is 2.14. The molecule has 0 aromatic carbocycles. The summed E-state index contributed by atoms with van der Waals surface area (Å²) in [6.45, 7) is 2.18. The van der Waals surface area contributed by atoms with Crippen LogP contribution in [-0.4, -0.2) is 33.2 Å². The lowest BCUT2D eigenvalue weighted by atomic mass is 10.3. The summed E-state index contributed by atoms with van der Waals surface area (Å²) in [5.41, 5.74) is 6.28. The molecule has 0 saturated carbocycles. The minimum absolute atomic E-state index is 0.0715. The van der Waals surface area contributed by atoms with Crippen LogP contribution in [0.4, 0.5) is 5.69 Å². The minimum Gasteiger partial charge on any atom is -0.397 e. The SMILES string of the molecule is CC(CNC(=O)c1ccc(N)cn1)S(C)=O. The van der Waals surface area contributed by atoms with E-state index in [4.69, 9.17) is 5.73 Å². The number of nitrogens with two attached hydrogens (primary N) is 1. The number of aromatic nitrogens is 1. The van der Waals surface area contributed by atoms with E-state index in [9.17, 15) is 9.00 Å². The molecule has 0 spiro atoms. The standard InChI is InChI=1S/C10H15N3O2S/c1-7(16(2)15)5-13-10(14)9-4-3-8(11)6-12-9/h3-4,6-7H,5,11H2,1-2H3,(H,13,14). The fraction of sp³-hybridized carbons (Fsp3) is 0.400. The van der Waals surface area contributed by atoms with Crippen molar-refractivity contribution in [2.45, 2.75) is 12.2 Å². The molecule has 3 N–H and O–H groups in total. The summed E-state index contributed by atoms with van der Waals surface area (Å²) >= 11 is 0. The maximum Gasteiger partial charge on any atom is 0.269 e. The summed E-state index contributed by atoms with van der Waals surface area (Å²) in [6.07, 6.45) is 3.04. The normalized spacial score (nSPS) is 14.1. The Kier molecular flexibility index (Phi) is 4.42. The molecule has 1 heterocycles. The van der Waals surface area contributed by atoms with Crippen LogP contribution in [0.5, 0.6) is 0 Å². The van der Waals surface area contributed by atoms with Crippen LogP contribution in [0, 0.1) is 0 Å². The Morgan fingerprint density at radius 3 is 2.81 bits per heavy atom. The highest BCUT2D eigenvalue weighted by Crippen LogP contribution is 2.01. The van der Waals surface area contributed by atoms with E-state index in [1.54, 1.807) is 18.4 Å². The van der Waals surface area contributed by atoms with Crippen LogP contribution < -0.4 is 11.1 Å². The van der Waals surface area contributed by atoms with Gasteiger partial charge in [-0.25, -0.2) is 4.98 Å². The first-order valence-corrected chi connectivity index (χ1v) is 6.44. The van der Waals surface area contributed by atoms with Crippen molar-refractivity contribution < 1.29 is 9.00 Å². The third kappa shape index (κ3) is 3.62. The molecule has 88 valence electrons. The van der Waals surface area contributed by atoms with Gasteiger partial charge in [-0.2, -0.15) is 0 Å². The number of amides is 1. The van der Waals surface area contributed by atoms with Crippen LogP contribution in [0.3, 0.4) is 0 Å².